The molecule has 2 heterocycles. The van der Waals surface area contributed by atoms with Crippen LogP contribution in [0.5, 0.6) is 0 Å². The van der Waals surface area contributed by atoms with Crippen molar-refractivity contribution in [1.82, 2.24) is 9.88 Å². The molecule has 1 aliphatic rings. The molecular formula is C18H22ClN3O. The van der Waals surface area contributed by atoms with E-state index in [1.165, 1.54) is 0 Å². The molecule has 4 nitrogen and oxygen atoms in total. The lowest BCUT2D eigenvalue weighted by atomic mass is 9.97. The van der Waals surface area contributed by atoms with Crippen LogP contribution in [0.4, 0.5) is 5.69 Å². The van der Waals surface area contributed by atoms with Gasteiger partial charge in [-0.1, -0.05) is 12.1 Å². The normalized spacial score (nSPS) is 12.6. The van der Waals surface area contributed by atoms with Crippen LogP contribution in [-0.2, 0) is 12.8 Å². The van der Waals surface area contributed by atoms with Crippen LogP contribution >= 0.6 is 12.4 Å². The molecule has 2 aromatic rings. The highest BCUT2D eigenvalue weighted by molar-refractivity contribution is 5.97. The predicted octanol–water partition coefficient (Wildman–Crippen LogP) is 3.18. The van der Waals surface area contributed by atoms with E-state index in [2.05, 4.69) is 16.4 Å². The molecule has 1 aromatic heterocycles. The van der Waals surface area contributed by atoms with Crippen molar-refractivity contribution in [3.05, 3.63) is 59.4 Å². The number of nitrogens with one attached hydrogen (secondary N) is 1. The average molecular weight is 332 g/mol. The Kier molecular flexibility index (Phi) is 5.99. The fraction of sp³-hybridized carbons (Fsp3) is 0.333. The number of hydrogen-bond acceptors (Lipinski definition) is 3. The SMILES string of the molecule is CN(CCc1ccccn1)C(=O)c1cccc2c1CCCN2.Cl. The van der Waals surface area contributed by atoms with Gasteiger partial charge in [0.2, 0.25) is 0 Å². The Morgan fingerprint density at radius 2 is 2.13 bits per heavy atom. The second-order valence-corrected chi connectivity index (χ2v) is 5.66. The van der Waals surface area contributed by atoms with Gasteiger partial charge in [0.15, 0.2) is 0 Å². The zero-order chi connectivity index (χ0) is 15.4. The van der Waals surface area contributed by atoms with E-state index in [9.17, 15) is 4.79 Å². The average Bonchev–Trinajstić information content (AvgIpc) is 2.59. The lowest BCUT2D eigenvalue weighted by Gasteiger charge is -2.23. The fourth-order valence-corrected chi connectivity index (χ4v) is 2.85. The zero-order valence-electron chi connectivity index (χ0n) is 13.3. The van der Waals surface area contributed by atoms with Crippen LogP contribution in [0.3, 0.4) is 0 Å². The summed E-state index contributed by atoms with van der Waals surface area (Å²) in [4.78, 5) is 18.8. The molecule has 0 bridgehead atoms. The monoisotopic (exact) mass is 331 g/mol. The minimum atomic E-state index is 0. The van der Waals surface area contributed by atoms with Gasteiger partial charge in [-0.05, 0) is 42.7 Å². The van der Waals surface area contributed by atoms with Gasteiger partial charge in [0, 0.05) is 49.7 Å². The first-order valence-corrected chi connectivity index (χ1v) is 7.77. The molecule has 1 amide bonds. The summed E-state index contributed by atoms with van der Waals surface area (Å²) in [7, 11) is 1.86. The Labute approximate surface area is 143 Å². The van der Waals surface area contributed by atoms with E-state index in [4.69, 9.17) is 0 Å². The number of rotatable bonds is 4. The van der Waals surface area contributed by atoms with Crippen molar-refractivity contribution in [1.29, 1.82) is 0 Å². The Bertz CT molecular complexity index is 661. The van der Waals surface area contributed by atoms with Gasteiger partial charge in [0.1, 0.15) is 0 Å². The van der Waals surface area contributed by atoms with Crippen LogP contribution in [0.2, 0.25) is 0 Å². The minimum absolute atomic E-state index is 0. The third kappa shape index (κ3) is 4.02. The third-order valence-electron chi connectivity index (χ3n) is 4.10. The lowest BCUT2D eigenvalue weighted by Crippen LogP contribution is -2.30. The highest BCUT2D eigenvalue weighted by Gasteiger charge is 2.19. The number of carbonyl (C=O) groups excluding carboxylic acids is 1. The molecular weight excluding hydrogens is 310 g/mol. The first-order valence-electron chi connectivity index (χ1n) is 7.77. The summed E-state index contributed by atoms with van der Waals surface area (Å²) in [6.07, 6.45) is 4.61. The van der Waals surface area contributed by atoms with Gasteiger partial charge >= 0.3 is 0 Å². The summed E-state index contributed by atoms with van der Waals surface area (Å²) in [5.41, 5.74) is 4.10. The molecule has 0 saturated carbocycles. The molecule has 5 heteroatoms. The Hall–Kier alpha value is -2.07. The van der Waals surface area contributed by atoms with Crippen molar-refractivity contribution in [2.45, 2.75) is 19.3 Å². The topological polar surface area (TPSA) is 45.2 Å². The Morgan fingerprint density at radius 3 is 2.91 bits per heavy atom. The molecule has 1 aromatic carbocycles. The van der Waals surface area contributed by atoms with Crippen LogP contribution < -0.4 is 5.32 Å². The van der Waals surface area contributed by atoms with Gasteiger partial charge < -0.3 is 10.2 Å². The molecule has 0 unspecified atom stereocenters. The number of aromatic nitrogens is 1. The van der Waals surface area contributed by atoms with Crippen LogP contribution in [0.25, 0.3) is 0 Å². The highest BCUT2D eigenvalue weighted by Crippen LogP contribution is 2.26. The van der Waals surface area contributed by atoms with Crippen molar-refractivity contribution < 1.29 is 4.79 Å². The molecule has 3 rings (SSSR count). The van der Waals surface area contributed by atoms with Crippen molar-refractivity contribution in [3.63, 3.8) is 0 Å². The van der Waals surface area contributed by atoms with Crippen LogP contribution in [0, 0.1) is 0 Å². The number of pyridine rings is 1. The second kappa shape index (κ2) is 7.97. The van der Waals surface area contributed by atoms with Crippen LogP contribution in [-0.4, -0.2) is 35.9 Å². The molecule has 0 atom stereocenters. The minimum Gasteiger partial charge on any atom is -0.385 e. The third-order valence-corrected chi connectivity index (χ3v) is 4.10. The van der Waals surface area contributed by atoms with E-state index in [1.807, 2.05) is 37.4 Å². The maximum atomic E-state index is 12.7. The van der Waals surface area contributed by atoms with Gasteiger partial charge in [0.05, 0.1) is 0 Å². The number of carbonyl (C=O) groups is 1. The number of halogens is 1. The lowest BCUT2D eigenvalue weighted by molar-refractivity contribution is 0.0795. The molecule has 23 heavy (non-hydrogen) atoms. The van der Waals surface area contributed by atoms with E-state index >= 15 is 0 Å². The fourth-order valence-electron chi connectivity index (χ4n) is 2.85. The summed E-state index contributed by atoms with van der Waals surface area (Å²) in [5.74, 6) is 0.0940. The van der Waals surface area contributed by atoms with Crippen LogP contribution in [0.1, 0.15) is 28.0 Å². The first-order chi connectivity index (χ1) is 10.8. The van der Waals surface area contributed by atoms with E-state index in [0.717, 1.165) is 48.3 Å². The van der Waals surface area contributed by atoms with Crippen molar-refractivity contribution in [3.8, 4) is 0 Å². The number of anilines is 1. The van der Waals surface area contributed by atoms with Gasteiger partial charge in [-0.25, -0.2) is 0 Å². The number of nitrogens with zero attached hydrogens (tertiary/aromatic N) is 2. The number of amides is 1. The number of hydrogen-bond donors (Lipinski definition) is 1. The predicted molar refractivity (Wildman–Crippen MR) is 95.4 cm³/mol. The van der Waals surface area contributed by atoms with Gasteiger partial charge in [-0.2, -0.15) is 0 Å². The van der Waals surface area contributed by atoms with E-state index in [-0.39, 0.29) is 18.3 Å². The summed E-state index contributed by atoms with van der Waals surface area (Å²) in [5, 5.41) is 3.37. The standard InChI is InChI=1S/C18H21N3O.ClH/c1-21(13-10-14-6-2-3-11-19-14)18(22)16-7-4-9-17-15(16)8-5-12-20-17;/h2-4,6-7,9,11,20H,5,8,10,12-13H2,1H3;1H. The number of likely N-dealkylation sites (N-methyl/N-ethyl adjacent to an activating group) is 1. The number of benzene rings is 1. The summed E-state index contributed by atoms with van der Waals surface area (Å²) in [6, 6.07) is 11.8. The van der Waals surface area contributed by atoms with Gasteiger partial charge in [-0.15, -0.1) is 12.4 Å². The maximum absolute atomic E-state index is 12.7. The Balaban J connectivity index is 0.00000192. The molecule has 0 spiro atoms. The molecule has 122 valence electrons. The van der Waals surface area contributed by atoms with Crippen molar-refractivity contribution in [2.75, 3.05) is 25.5 Å². The highest BCUT2D eigenvalue weighted by atomic mass is 35.5. The van der Waals surface area contributed by atoms with E-state index < -0.39 is 0 Å². The van der Waals surface area contributed by atoms with Gasteiger partial charge in [-0.3, -0.25) is 9.78 Å². The van der Waals surface area contributed by atoms with Crippen molar-refractivity contribution >= 4 is 24.0 Å². The molecule has 1 N–H and O–H groups in total. The number of fused-ring (bicyclic) bond motifs is 1. The largest absolute Gasteiger partial charge is 0.385 e. The smallest absolute Gasteiger partial charge is 0.253 e. The molecule has 0 radical (unpaired) electrons. The maximum Gasteiger partial charge on any atom is 0.253 e. The molecule has 0 saturated heterocycles. The van der Waals surface area contributed by atoms with Gasteiger partial charge in [0.25, 0.3) is 5.91 Å². The summed E-state index contributed by atoms with van der Waals surface area (Å²) < 4.78 is 0. The summed E-state index contributed by atoms with van der Waals surface area (Å²) in [6.45, 7) is 1.66. The summed E-state index contributed by atoms with van der Waals surface area (Å²) >= 11 is 0. The molecule has 0 aliphatic carbocycles. The molecule has 0 fully saturated rings. The second-order valence-electron chi connectivity index (χ2n) is 5.66. The zero-order valence-corrected chi connectivity index (χ0v) is 14.1. The first kappa shape index (κ1) is 17.3. The van der Waals surface area contributed by atoms with E-state index in [0.29, 0.717) is 6.54 Å². The Morgan fingerprint density at radius 1 is 1.26 bits per heavy atom. The molecule has 1 aliphatic heterocycles. The van der Waals surface area contributed by atoms with E-state index in [1.54, 1.807) is 11.1 Å². The van der Waals surface area contributed by atoms with Crippen molar-refractivity contribution in [2.24, 2.45) is 0 Å². The quantitative estimate of drug-likeness (QED) is 0.936. The van der Waals surface area contributed by atoms with Crippen LogP contribution in [0.15, 0.2) is 42.6 Å².